The Balaban J connectivity index is 1.38. The highest BCUT2D eigenvalue weighted by Gasteiger charge is 2.31. The lowest BCUT2D eigenvalue weighted by molar-refractivity contribution is -0.0115. The largest absolute Gasteiger partial charge is 0.490 e. The van der Waals surface area contributed by atoms with Crippen LogP contribution in [-0.4, -0.2) is 103 Å². The minimum absolute atomic E-state index is 0.126. The Morgan fingerprint density at radius 1 is 1.10 bits per heavy atom. The Labute approximate surface area is 292 Å². The van der Waals surface area contributed by atoms with Gasteiger partial charge in [0.15, 0.2) is 16.5 Å². The third-order valence-electron chi connectivity index (χ3n) is 8.68. The van der Waals surface area contributed by atoms with Crippen LogP contribution in [-0.2, 0) is 21.8 Å². The number of likely N-dealkylation sites (N-methyl/N-ethyl adjacent to an activating group) is 1. The summed E-state index contributed by atoms with van der Waals surface area (Å²) in [7, 11) is -0.706. The fourth-order valence-electron chi connectivity index (χ4n) is 5.73. The van der Waals surface area contributed by atoms with Crippen molar-refractivity contribution in [1.82, 2.24) is 19.4 Å². The average Bonchev–Trinajstić information content (AvgIpc) is 3.75. The maximum absolute atomic E-state index is 14.4. The van der Waals surface area contributed by atoms with E-state index in [4.69, 9.17) is 18.9 Å². The van der Waals surface area contributed by atoms with Gasteiger partial charge in [-0.05, 0) is 63.4 Å². The molecule has 15 nitrogen and oxygen atoms in total. The molecule has 3 aromatic rings. The van der Waals surface area contributed by atoms with E-state index in [1.807, 2.05) is 13.8 Å². The van der Waals surface area contributed by atoms with Gasteiger partial charge in [-0.3, -0.25) is 9.52 Å². The van der Waals surface area contributed by atoms with Gasteiger partial charge in [0.1, 0.15) is 5.75 Å². The van der Waals surface area contributed by atoms with Crippen LogP contribution in [0, 0.1) is 5.92 Å². The normalized spacial score (nSPS) is 20.6. The molecule has 272 valence electrons. The number of rotatable bonds is 8. The predicted octanol–water partition coefficient (Wildman–Crippen LogP) is 3.91. The van der Waals surface area contributed by atoms with Crippen molar-refractivity contribution >= 4 is 33.3 Å². The molecule has 0 aliphatic carbocycles. The molecule has 16 heteroatoms. The minimum Gasteiger partial charge on any atom is -0.490 e. The van der Waals surface area contributed by atoms with Crippen molar-refractivity contribution in [2.45, 2.75) is 63.3 Å². The quantitative estimate of drug-likeness (QED) is 0.311. The summed E-state index contributed by atoms with van der Waals surface area (Å²) in [5.41, 5.74) is 0.845. The van der Waals surface area contributed by atoms with Crippen molar-refractivity contribution in [2.75, 3.05) is 50.2 Å². The van der Waals surface area contributed by atoms with E-state index in [-0.39, 0.29) is 60.8 Å². The van der Waals surface area contributed by atoms with E-state index in [1.54, 1.807) is 51.4 Å². The predicted molar refractivity (Wildman–Crippen MR) is 185 cm³/mol. The number of carbonyl (C=O) groups is 2. The summed E-state index contributed by atoms with van der Waals surface area (Å²) < 4.78 is 53.6. The van der Waals surface area contributed by atoms with E-state index >= 15 is 0 Å². The number of fused-ring (bicyclic) bond motifs is 2. The van der Waals surface area contributed by atoms with Crippen LogP contribution in [0.2, 0.25) is 0 Å². The van der Waals surface area contributed by atoms with Crippen LogP contribution in [0.1, 0.15) is 50.4 Å². The van der Waals surface area contributed by atoms with E-state index < -0.39 is 28.1 Å². The summed E-state index contributed by atoms with van der Waals surface area (Å²) in [5, 5.41) is 13.0. The second kappa shape index (κ2) is 16.0. The summed E-state index contributed by atoms with van der Waals surface area (Å²) in [6.07, 6.45) is 4.26. The lowest BCUT2D eigenvalue weighted by atomic mass is 10.0. The Morgan fingerprint density at radius 2 is 1.84 bits per heavy atom. The Hall–Kier alpha value is -4.54. The van der Waals surface area contributed by atoms with E-state index in [0.29, 0.717) is 36.0 Å². The number of sulfonamides is 1. The van der Waals surface area contributed by atoms with Crippen LogP contribution in [0.15, 0.2) is 53.9 Å². The molecule has 50 heavy (non-hydrogen) atoms. The number of anilines is 2. The zero-order valence-electron chi connectivity index (χ0n) is 29.0. The van der Waals surface area contributed by atoms with Gasteiger partial charge in [-0.2, -0.15) is 8.42 Å². The maximum atomic E-state index is 14.4. The van der Waals surface area contributed by atoms with Crippen molar-refractivity contribution in [2.24, 2.45) is 13.0 Å². The number of aryl methyl sites for hydroxylation is 1. The number of carbonyl (C=O) groups excluding carboxylic acids is 2. The number of nitrogens with one attached hydrogen (secondary N) is 2. The molecule has 3 amide bonds. The smallest absolute Gasteiger partial charge is 0.321 e. The van der Waals surface area contributed by atoms with Gasteiger partial charge in [0.05, 0.1) is 36.7 Å². The minimum atomic E-state index is -4.04. The fourth-order valence-corrected chi connectivity index (χ4v) is 6.76. The second-order valence-electron chi connectivity index (χ2n) is 12.9. The Kier molecular flexibility index (Phi) is 11.8. The van der Waals surface area contributed by atoms with Crippen LogP contribution in [0.25, 0.3) is 0 Å². The number of hydrogen-bond donors (Lipinski definition) is 3. The zero-order valence-corrected chi connectivity index (χ0v) is 29.8. The summed E-state index contributed by atoms with van der Waals surface area (Å²) in [5.74, 6) is 0.723. The van der Waals surface area contributed by atoms with Crippen LogP contribution in [0.4, 0.5) is 16.2 Å². The first kappa shape index (κ1) is 36.7. The van der Waals surface area contributed by atoms with E-state index in [2.05, 4.69) is 15.0 Å². The van der Waals surface area contributed by atoms with Crippen LogP contribution < -0.4 is 24.2 Å². The Morgan fingerprint density at radius 3 is 2.58 bits per heavy atom. The molecule has 0 saturated heterocycles. The van der Waals surface area contributed by atoms with Gasteiger partial charge in [-0.1, -0.05) is 6.92 Å². The SMILES string of the molecule is C[C@@H]1CCCCO[C@H](CN(C)C(=O)Nc2ccc3c(c2)OCO3)[C@H](C)CN([C@@H](C)CO)C(=O)c2cc(NS(=O)(=O)c3cn(C)cn3)ccc2O1. The van der Waals surface area contributed by atoms with Crippen LogP contribution >= 0.6 is 0 Å². The van der Waals surface area contributed by atoms with E-state index in [0.717, 1.165) is 12.8 Å². The molecule has 2 aliphatic heterocycles. The molecule has 0 bridgehead atoms. The number of aliphatic hydroxyl groups is 1. The number of aromatic nitrogens is 2. The van der Waals surface area contributed by atoms with Gasteiger partial charge in [0.25, 0.3) is 15.9 Å². The summed E-state index contributed by atoms with van der Waals surface area (Å²) in [6, 6.07) is 8.78. The molecule has 2 aromatic carbocycles. The molecule has 5 rings (SSSR count). The molecule has 4 atom stereocenters. The summed E-state index contributed by atoms with van der Waals surface area (Å²) >= 11 is 0. The number of imidazole rings is 1. The van der Waals surface area contributed by atoms with Crippen LogP contribution in [0.3, 0.4) is 0 Å². The average molecular weight is 715 g/mol. The summed E-state index contributed by atoms with van der Waals surface area (Å²) in [6.45, 7) is 6.21. The van der Waals surface area contributed by atoms with E-state index in [9.17, 15) is 23.1 Å². The van der Waals surface area contributed by atoms with Gasteiger partial charge in [0, 0.05) is 63.3 Å². The first-order chi connectivity index (χ1) is 23.8. The maximum Gasteiger partial charge on any atom is 0.321 e. The van der Waals surface area contributed by atoms with Crippen molar-refractivity contribution in [3.8, 4) is 17.2 Å². The third-order valence-corrected chi connectivity index (χ3v) is 9.95. The molecule has 0 unspecified atom stereocenters. The van der Waals surface area contributed by atoms with Crippen molar-refractivity contribution in [3.63, 3.8) is 0 Å². The summed E-state index contributed by atoms with van der Waals surface area (Å²) in [4.78, 5) is 34.6. The Bertz CT molecular complexity index is 1770. The van der Waals surface area contributed by atoms with E-state index in [1.165, 1.54) is 33.0 Å². The molecule has 0 saturated carbocycles. The molecule has 2 aliphatic rings. The highest BCUT2D eigenvalue weighted by atomic mass is 32.2. The van der Waals surface area contributed by atoms with Gasteiger partial charge >= 0.3 is 6.03 Å². The number of urea groups is 1. The number of aliphatic hydroxyl groups excluding tert-OH is 1. The molecule has 1 aromatic heterocycles. The number of ether oxygens (including phenoxy) is 4. The highest BCUT2D eigenvalue weighted by molar-refractivity contribution is 7.92. The molecule has 3 heterocycles. The molecule has 3 N–H and O–H groups in total. The van der Waals surface area contributed by atoms with Crippen molar-refractivity contribution in [1.29, 1.82) is 0 Å². The first-order valence-electron chi connectivity index (χ1n) is 16.6. The lowest BCUT2D eigenvalue weighted by Gasteiger charge is -2.35. The lowest BCUT2D eigenvalue weighted by Crippen LogP contribution is -2.48. The van der Waals surface area contributed by atoms with Gasteiger partial charge in [0.2, 0.25) is 6.79 Å². The van der Waals surface area contributed by atoms with Gasteiger partial charge < -0.3 is 43.7 Å². The molecule has 0 radical (unpaired) electrons. The monoisotopic (exact) mass is 714 g/mol. The molecule has 0 fully saturated rings. The number of nitrogens with zero attached hydrogens (tertiary/aromatic N) is 4. The van der Waals surface area contributed by atoms with Crippen molar-refractivity contribution in [3.05, 3.63) is 54.5 Å². The van der Waals surface area contributed by atoms with Gasteiger partial charge in [-0.15, -0.1) is 0 Å². The third kappa shape index (κ3) is 8.97. The zero-order chi connectivity index (χ0) is 36.0. The number of hydrogen-bond acceptors (Lipinski definition) is 10. The topological polar surface area (TPSA) is 174 Å². The molecular formula is C34H46N6O9S. The van der Waals surface area contributed by atoms with Gasteiger partial charge in [-0.25, -0.2) is 9.78 Å². The molecular weight excluding hydrogens is 668 g/mol. The molecule has 0 spiro atoms. The van der Waals surface area contributed by atoms with Crippen LogP contribution in [0.5, 0.6) is 17.2 Å². The standard InChI is InChI=1S/C34H46N6O9S/c1-22-16-40(23(2)19-41)33(42)27-14-26(37-50(44,45)32-18-38(4)20-35-32)10-11-28(27)49-24(3)8-6-7-13-46-31(22)17-39(5)34(43)36-25-9-12-29-30(15-25)48-21-47-29/h9-12,14-15,18,20,22-24,31,37,41H,6-8,13,16-17,19,21H2,1-5H3,(H,36,43)/t22-,23+,24-,31-/m1/s1. The number of benzene rings is 2. The highest BCUT2D eigenvalue weighted by Crippen LogP contribution is 2.34. The van der Waals surface area contributed by atoms with Crippen molar-refractivity contribution < 1.29 is 42.1 Å². The second-order valence-corrected chi connectivity index (χ2v) is 14.5. The number of amides is 3. The first-order valence-corrected chi connectivity index (χ1v) is 18.1. The fraction of sp³-hybridized carbons (Fsp3) is 0.500.